The van der Waals surface area contributed by atoms with Crippen LogP contribution in [0.4, 0.5) is 0 Å². The minimum absolute atomic E-state index is 0.0790. The van der Waals surface area contributed by atoms with Gasteiger partial charge in [0, 0.05) is 17.9 Å². The van der Waals surface area contributed by atoms with Gasteiger partial charge in [-0.15, -0.1) is 0 Å². The molecule has 2 fully saturated rings. The van der Waals surface area contributed by atoms with Crippen LogP contribution in [0.3, 0.4) is 0 Å². The first-order valence-electron chi connectivity index (χ1n) is 19.0. The Hall–Kier alpha value is -4.59. The first kappa shape index (κ1) is 35.8. The van der Waals surface area contributed by atoms with Gasteiger partial charge >= 0.3 is 5.97 Å². The number of hydrogen-bond acceptors (Lipinski definition) is 6. The number of piperidine rings is 1. The number of ketones is 1. The van der Waals surface area contributed by atoms with Crippen molar-refractivity contribution in [2.45, 2.75) is 87.7 Å². The van der Waals surface area contributed by atoms with Crippen molar-refractivity contribution in [3.8, 4) is 5.75 Å². The summed E-state index contributed by atoms with van der Waals surface area (Å²) < 4.78 is 6.23. The quantitative estimate of drug-likeness (QED) is 0.124. The predicted molar refractivity (Wildman–Crippen MR) is 204 cm³/mol. The smallest absolute Gasteiger partial charge is 0.315 e. The molecule has 52 heavy (non-hydrogen) atoms. The number of esters is 1. The van der Waals surface area contributed by atoms with Gasteiger partial charge in [0.05, 0.1) is 18.0 Å². The highest BCUT2D eigenvalue weighted by molar-refractivity contribution is 5.93. The number of fused-ring (bicyclic) bond motifs is 1. The van der Waals surface area contributed by atoms with Crippen LogP contribution in [0.15, 0.2) is 109 Å². The molecule has 3 aliphatic rings. The van der Waals surface area contributed by atoms with E-state index in [0.29, 0.717) is 37.0 Å². The topological polar surface area (TPSA) is 102 Å². The average molecular weight is 698 g/mol. The van der Waals surface area contributed by atoms with Gasteiger partial charge in [-0.1, -0.05) is 110 Å². The third-order valence-corrected chi connectivity index (χ3v) is 12.0. The molecule has 4 aromatic carbocycles. The van der Waals surface area contributed by atoms with Crippen LogP contribution >= 0.6 is 0 Å². The van der Waals surface area contributed by atoms with E-state index >= 15 is 0 Å². The number of carbonyl (C=O) groups is 3. The summed E-state index contributed by atoms with van der Waals surface area (Å²) in [5.74, 6) is -0.629. The Morgan fingerprint density at radius 1 is 0.827 bits per heavy atom. The van der Waals surface area contributed by atoms with Crippen LogP contribution < -0.4 is 15.8 Å². The third kappa shape index (κ3) is 7.91. The van der Waals surface area contributed by atoms with E-state index in [2.05, 4.69) is 29.4 Å². The van der Waals surface area contributed by atoms with Crippen LogP contribution in [-0.4, -0.2) is 54.3 Å². The number of carbonyl (C=O) groups excluding carboxylic acids is 3. The number of nitrogens with zero attached hydrogens (tertiary/aromatic N) is 1. The van der Waals surface area contributed by atoms with Crippen molar-refractivity contribution in [3.05, 3.63) is 137 Å². The standard InChI is InChI=1S/C45H51N3O4/c1-48-24-23-45-22-12-11-19-37(45)41(48)28-34-20-21-36(30-38(34)45)52-44(51)35(25-31-13-5-2-6-14-31)29-42(49)40(27-33-17-9-4-10-18-33)47-43(50)39(46)26-32-15-7-3-8-16-32/h2-10,13-18,20-21,30,35,37,39-41H,11-12,19,22-29,46H2,1H3,(H,47,50)/t35?,37-,39?,40?,41+,45+/m0/s1. The zero-order valence-electron chi connectivity index (χ0n) is 30.2. The van der Waals surface area contributed by atoms with E-state index in [1.807, 2.05) is 97.1 Å². The van der Waals surface area contributed by atoms with Gasteiger partial charge in [0.25, 0.3) is 0 Å². The molecule has 2 aliphatic carbocycles. The van der Waals surface area contributed by atoms with Gasteiger partial charge in [0.2, 0.25) is 5.91 Å². The van der Waals surface area contributed by atoms with Crippen molar-refractivity contribution in [1.29, 1.82) is 0 Å². The number of amides is 1. The van der Waals surface area contributed by atoms with Gasteiger partial charge in [-0.25, -0.2) is 0 Å². The summed E-state index contributed by atoms with van der Waals surface area (Å²) in [6.45, 7) is 1.09. The van der Waals surface area contributed by atoms with Crippen LogP contribution in [0.1, 0.15) is 66.3 Å². The van der Waals surface area contributed by atoms with E-state index < -0.39 is 29.9 Å². The maximum absolute atomic E-state index is 14.2. The third-order valence-electron chi connectivity index (χ3n) is 12.0. The molecule has 3 N–H and O–H groups in total. The molecule has 270 valence electrons. The molecule has 7 nitrogen and oxygen atoms in total. The monoisotopic (exact) mass is 697 g/mol. The molecule has 7 heteroatoms. The summed E-state index contributed by atoms with van der Waals surface area (Å²) >= 11 is 0. The van der Waals surface area contributed by atoms with E-state index in [1.54, 1.807) is 0 Å². The lowest BCUT2D eigenvalue weighted by Crippen LogP contribution is -2.59. The van der Waals surface area contributed by atoms with Crippen molar-refractivity contribution in [2.24, 2.45) is 17.6 Å². The van der Waals surface area contributed by atoms with Gasteiger partial charge in [-0.2, -0.15) is 0 Å². The Labute approximate surface area is 307 Å². The fourth-order valence-electron chi connectivity index (χ4n) is 9.30. The molecule has 0 aromatic heterocycles. The van der Waals surface area contributed by atoms with E-state index in [-0.39, 0.29) is 17.6 Å². The maximum atomic E-state index is 14.2. The zero-order chi connectivity index (χ0) is 36.1. The lowest BCUT2D eigenvalue weighted by molar-refractivity contribution is -0.141. The predicted octanol–water partition coefficient (Wildman–Crippen LogP) is 6.40. The van der Waals surface area contributed by atoms with Crippen molar-refractivity contribution >= 4 is 17.7 Å². The summed E-state index contributed by atoms with van der Waals surface area (Å²) in [7, 11) is 2.27. The molecule has 3 unspecified atom stereocenters. The summed E-state index contributed by atoms with van der Waals surface area (Å²) in [5, 5.41) is 2.96. The number of ether oxygens (including phenoxy) is 1. The van der Waals surface area contributed by atoms with Crippen molar-refractivity contribution < 1.29 is 19.1 Å². The number of likely N-dealkylation sites (tertiary alicyclic amines) is 1. The lowest BCUT2D eigenvalue weighted by atomic mass is 9.52. The van der Waals surface area contributed by atoms with Crippen LogP contribution in [0.2, 0.25) is 0 Å². The SMILES string of the molecule is CN1CC[C@]23CCCC[C@H]2[C@H]1Cc1ccc(OC(=O)C(CC(=O)C(Cc2ccccc2)NC(=O)C(N)Cc2ccccc2)Cc2ccccc2)cc13. The van der Waals surface area contributed by atoms with Gasteiger partial charge in [-0.05, 0) is 104 Å². The maximum Gasteiger partial charge on any atom is 0.315 e. The van der Waals surface area contributed by atoms with Gasteiger partial charge in [-0.3, -0.25) is 14.4 Å². The molecule has 4 aromatic rings. The number of hydrogen-bond donors (Lipinski definition) is 2. The summed E-state index contributed by atoms with van der Waals surface area (Å²) in [6.07, 6.45) is 8.00. The van der Waals surface area contributed by atoms with Crippen LogP contribution in [0.5, 0.6) is 5.75 Å². The number of benzene rings is 4. The second-order valence-electron chi connectivity index (χ2n) is 15.4. The minimum atomic E-state index is -0.855. The highest BCUT2D eigenvalue weighted by atomic mass is 16.5. The minimum Gasteiger partial charge on any atom is -0.426 e. The molecule has 1 amide bonds. The molecule has 7 rings (SSSR count). The zero-order valence-corrected chi connectivity index (χ0v) is 30.2. The lowest BCUT2D eigenvalue weighted by Gasteiger charge is -2.58. The number of nitrogens with one attached hydrogen (secondary N) is 1. The number of Topliss-reactive ketones (excluding diaryl/α,β-unsaturated/α-hetero) is 1. The van der Waals surface area contributed by atoms with Gasteiger partial charge in [0.1, 0.15) is 5.75 Å². The van der Waals surface area contributed by atoms with Gasteiger partial charge < -0.3 is 20.7 Å². The summed E-state index contributed by atoms with van der Waals surface area (Å²) in [6, 6.07) is 34.1. The highest BCUT2D eigenvalue weighted by Gasteiger charge is 2.53. The van der Waals surface area contributed by atoms with E-state index in [1.165, 1.54) is 36.8 Å². The first-order valence-corrected chi connectivity index (χ1v) is 19.0. The Morgan fingerprint density at radius 3 is 2.13 bits per heavy atom. The molecule has 6 atom stereocenters. The normalized spacial score (nSPS) is 22.6. The molecule has 1 aliphatic heterocycles. The second-order valence-corrected chi connectivity index (χ2v) is 15.4. The highest BCUT2D eigenvalue weighted by Crippen LogP contribution is 2.56. The number of rotatable bonds is 13. The van der Waals surface area contributed by atoms with E-state index in [0.717, 1.165) is 36.1 Å². The van der Waals surface area contributed by atoms with Crippen LogP contribution in [0, 0.1) is 11.8 Å². The number of nitrogens with two attached hydrogens (primary N) is 1. The largest absolute Gasteiger partial charge is 0.426 e. The molecule has 1 saturated heterocycles. The molecular weight excluding hydrogens is 647 g/mol. The summed E-state index contributed by atoms with van der Waals surface area (Å²) in [5.41, 5.74) is 12.0. The Balaban J connectivity index is 1.12. The molecule has 2 bridgehead atoms. The summed E-state index contributed by atoms with van der Waals surface area (Å²) in [4.78, 5) is 44.4. The fraction of sp³-hybridized carbons (Fsp3) is 0.400. The molecule has 1 heterocycles. The van der Waals surface area contributed by atoms with Gasteiger partial charge in [0.15, 0.2) is 5.78 Å². The van der Waals surface area contributed by atoms with E-state index in [9.17, 15) is 14.4 Å². The molecule has 1 saturated carbocycles. The molecular formula is C45H51N3O4. The Kier molecular flexibility index (Phi) is 11.0. The van der Waals surface area contributed by atoms with Crippen molar-refractivity contribution in [1.82, 2.24) is 10.2 Å². The average Bonchev–Trinajstić information content (AvgIpc) is 3.17. The van der Waals surface area contributed by atoms with E-state index in [4.69, 9.17) is 10.5 Å². The molecule has 0 spiro atoms. The molecule has 0 radical (unpaired) electrons. The number of likely N-dealkylation sites (N-methyl/N-ethyl adjacent to an activating group) is 1. The van der Waals surface area contributed by atoms with Crippen molar-refractivity contribution in [2.75, 3.05) is 13.6 Å². The first-order chi connectivity index (χ1) is 25.3. The fourth-order valence-corrected chi connectivity index (χ4v) is 9.30. The Morgan fingerprint density at radius 2 is 1.46 bits per heavy atom. The van der Waals surface area contributed by atoms with Crippen molar-refractivity contribution in [3.63, 3.8) is 0 Å². The van der Waals surface area contributed by atoms with Crippen LogP contribution in [-0.2, 0) is 45.5 Å². The Bertz CT molecular complexity index is 1850. The van der Waals surface area contributed by atoms with Crippen LogP contribution in [0.25, 0.3) is 0 Å². The second kappa shape index (κ2) is 16.0.